The van der Waals surface area contributed by atoms with Gasteiger partial charge >= 0.3 is 0 Å². The van der Waals surface area contributed by atoms with E-state index in [1.807, 2.05) is 61.7 Å². The van der Waals surface area contributed by atoms with Crippen molar-refractivity contribution in [3.63, 3.8) is 0 Å². The van der Waals surface area contributed by atoms with Gasteiger partial charge in [-0.1, -0.05) is 30.3 Å². The molecule has 2 N–H and O–H groups in total. The molecule has 6 nitrogen and oxygen atoms in total. The second-order valence-corrected chi connectivity index (χ2v) is 7.09. The summed E-state index contributed by atoms with van der Waals surface area (Å²) in [5.74, 6) is 0.456. The predicted octanol–water partition coefficient (Wildman–Crippen LogP) is 3.27. The Labute approximate surface area is 170 Å². The molecule has 0 fully saturated rings. The molecule has 0 aliphatic rings. The number of fused-ring (bicyclic) bond motifs is 1. The Morgan fingerprint density at radius 2 is 1.86 bits per heavy atom. The predicted molar refractivity (Wildman–Crippen MR) is 114 cm³/mol. The van der Waals surface area contributed by atoms with Crippen LogP contribution in [0.2, 0.25) is 0 Å². The lowest BCUT2D eigenvalue weighted by Gasteiger charge is -2.24. The number of H-pyrrole nitrogens is 1. The second-order valence-electron chi connectivity index (χ2n) is 7.09. The standard InChI is InChI=1S/C23H27N3O3/c1-4-29-19-11-9-17(10-12-19)15-26(3)23(28)22(25-16(2)27)13-18-14-24-21-8-6-5-7-20(18)21/h5-12,14,22,24H,4,13,15H2,1-3H3,(H,25,27). The van der Waals surface area contributed by atoms with E-state index in [-0.39, 0.29) is 11.8 Å². The largest absolute Gasteiger partial charge is 0.494 e. The molecule has 0 radical (unpaired) electrons. The highest BCUT2D eigenvalue weighted by Gasteiger charge is 2.24. The lowest BCUT2D eigenvalue weighted by atomic mass is 10.0. The monoisotopic (exact) mass is 393 g/mol. The summed E-state index contributed by atoms with van der Waals surface area (Å²) in [6, 6.07) is 15.0. The number of ether oxygens (including phenoxy) is 1. The molecular formula is C23H27N3O3. The van der Waals surface area contributed by atoms with Crippen LogP contribution in [0, 0.1) is 0 Å². The van der Waals surface area contributed by atoms with Crippen molar-refractivity contribution in [1.29, 1.82) is 0 Å². The van der Waals surface area contributed by atoms with Crippen LogP contribution in [0.1, 0.15) is 25.0 Å². The number of hydrogen-bond donors (Lipinski definition) is 2. The first kappa shape index (κ1) is 20.5. The molecule has 6 heteroatoms. The number of hydrogen-bond acceptors (Lipinski definition) is 3. The molecule has 1 aromatic heterocycles. The quantitative estimate of drug-likeness (QED) is 0.617. The van der Waals surface area contributed by atoms with Crippen molar-refractivity contribution in [3.8, 4) is 5.75 Å². The summed E-state index contributed by atoms with van der Waals surface area (Å²) in [7, 11) is 1.75. The van der Waals surface area contributed by atoms with Crippen LogP contribution in [-0.4, -0.2) is 41.4 Å². The number of rotatable bonds is 8. The number of benzene rings is 2. The van der Waals surface area contributed by atoms with Gasteiger partial charge in [0, 0.05) is 44.0 Å². The molecule has 0 aliphatic heterocycles. The number of carbonyl (C=O) groups is 2. The Hall–Kier alpha value is -3.28. The number of aromatic amines is 1. The summed E-state index contributed by atoms with van der Waals surface area (Å²) in [5.41, 5.74) is 3.01. The van der Waals surface area contributed by atoms with Crippen molar-refractivity contribution in [3.05, 3.63) is 65.9 Å². The minimum atomic E-state index is -0.626. The van der Waals surface area contributed by atoms with Crippen LogP contribution in [0.15, 0.2) is 54.7 Å². The maximum absolute atomic E-state index is 13.1. The van der Waals surface area contributed by atoms with Gasteiger partial charge in [0.25, 0.3) is 0 Å². The Kier molecular flexibility index (Phi) is 6.54. The third kappa shape index (κ3) is 5.16. The van der Waals surface area contributed by atoms with Crippen LogP contribution >= 0.6 is 0 Å². The zero-order valence-electron chi connectivity index (χ0n) is 17.1. The maximum atomic E-state index is 13.1. The normalized spacial score (nSPS) is 11.8. The number of amides is 2. The van der Waals surface area contributed by atoms with Gasteiger partial charge in [0.15, 0.2) is 0 Å². The van der Waals surface area contributed by atoms with Gasteiger partial charge in [-0.25, -0.2) is 0 Å². The Morgan fingerprint density at radius 1 is 1.14 bits per heavy atom. The molecule has 29 heavy (non-hydrogen) atoms. The zero-order chi connectivity index (χ0) is 20.8. The lowest BCUT2D eigenvalue weighted by Crippen LogP contribution is -2.47. The summed E-state index contributed by atoms with van der Waals surface area (Å²) in [5, 5.41) is 3.87. The summed E-state index contributed by atoms with van der Waals surface area (Å²) < 4.78 is 5.46. The van der Waals surface area contributed by atoms with Crippen molar-refractivity contribution in [2.75, 3.05) is 13.7 Å². The van der Waals surface area contributed by atoms with Crippen molar-refractivity contribution in [1.82, 2.24) is 15.2 Å². The Morgan fingerprint density at radius 3 is 2.55 bits per heavy atom. The lowest BCUT2D eigenvalue weighted by molar-refractivity contribution is -0.135. The summed E-state index contributed by atoms with van der Waals surface area (Å²) >= 11 is 0. The molecule has 1 atom stereocenters. The van der Waals surface area contributed by atoms with Crippen LogP contribution in [0.4, 0.5) is 0 Å². The highest BCUT2D eigenvalue weighted by molar-refractivity contribution is 5.89. The van der Waals surface area contributed by atoms with Crippen LogP contribution in [0.25, 0.3) is 10.9 Å². The molecule has 0 aliphatic carbocycles. The highest BCUT2D eigenvalue weighted by atomic mass is 16.5. The van der Waals surface area contributed by atoms with Gasteiger partial charge in [-0.05, 0) is 36.2 Å². The molecule has 0 spiro atoms. The van der Waals surface area contributed by atoms with E-state index < -0.39 is 6.04 Å². The van der Waals surface area contributed by atoms with E-state index in [1.54, 1.807) is 11.9 Å². The molecule has 1 unspecified atom stereocenters. The molecule has 0 saturated heterocycles. The number of aromatic nitrogens is 1. The SMILES string of the molecule is CCOc1ccc(CN(C)C(=O)C(Cc2c[nH]c3ccccc23)NC(C)=O)cc1. The molecule has 1 heterocycles. The smallest absolute Gasteiger partial charge is 0.245 e. The van der Waals surface area contributed by atoms with Crippen molar-refractivity contribution in [2.45, 2.75) is 32.9 Å². The van der Waals surface area contributed by atoms with Crippen molar-refractivity contribution >= 4 is 22.7 Å². The van der Waals surface area contributed by atoms with E-state index in [9.17, 15) is 9.59 Å². The van der Waals surface area contributed by atoms with Crippen LogP contribution < -0.4 is 10.1 Å². The third-order valence-corrected chi connectivity index (χ3v) is 4.80. The fraction of sp³-hybridized carbons (Fsp3) is 0.304. The third-order valence-electron chi connectivity index (χ3n) is 4.80. The fourth-order valence-corrected chi connectivity index (χ4v) is 3.44. The number of likely N-dealkylation sites (N-methyl/N-ethyl adjacent to an activating group) is 1. The first-order valence-corrected chi connectivity index (χ1v) is 9.76. The molecule has 3 aromatic rings. The van der Waals surface area contributed by atoms with Gasteiger partial charge in [0.1, 0.15) is 11.8 Å². The molecule has 2 aromatic carbocycles. The maximum Gasteiger partial charge on any atom is 0.245 e. The van der Waals surface area contributed by atoms with Gasteiger partial charge in [-0.3, -0.25) is 9.59 Å². The minimum Gasteiger partial charge on any atom is -0.494 e. The number of nitrogens with zero attached hydrogens (tertiary/aromatic N) is 1. The molecule has 152 valence electrons. The molecule has 3 rings (SSSR count). The highest BCUT2D eigenvalue weighted by Crippen LogP contribution is 2.20. The van der Waals surface area contributed by atoms with E-state index >= 15 is 0 Å². The minimum absolute atomic E-state index is 0.126. The van der Waals surface area contributed by atoms with Crippen LogP contribution in [-0.2, 0) is 22.6 Å². The Bertz CT molecular complexity index is 978. The van der Waals surface area contributed by atoms with Crippen LogP contribution in [0.3, 0.4) is 0 Å². The average molecular weight is 393 g/mol. The number of carbonyl (C=O) groups excluding carboxylic acids is 2. The van der Waals surface area contributed by atoms with Gasteiger partial charge in [0.05, 0.1) is 6.61 Å². The van der Waals surface area contributed by atoms with E-state index in [2.05, 4.69) is 10.3 Å². The van der Waals surface area contributed by atoms with E-state index in [0.29, 0.717) is 19.6 Å². The average Bonchev–Trinajstić information content (AvgIpc) is 3.11. The van der Waals surface area contributed by atoms with Crippen LogP contribution in [0.5, 0.6) is 5.75 Å². The molecule has 2 amide bonds. The second kappa shape index (κ2) is 9.28. The van der Waals surface area contributed by atoms with Gasteiger partial charge in [0.2, 0.25) is 11.8 Å². The van der Waals surface area contributed by atoms with Gasteiger partial charge in [-0.2, -0.15) is 0 Å². The summed E-state index contributed by atoms with van der Waals surface area (Å²) in [4.78, 5) is 29.7. The number of para-hydroxylation sites is 1. The van der Waals surface area contributed by atoms with E-state index in [4.69, 9.17) is 4.74 Å². The molecule has 0 saturated carbocycles. The fourth-order valence-electron chi connectivity index (χ4n) is 3.44. The van der Waals surface area contributed by atoms with E-state index in [1.165, 1.54) is 6.92 Å². The molecular weight excluding hydrogens is 366 g/mol. The number of nitrogens with one attached hydrogen (secondary N) is 2. The van der Waals surface area contributed by atoms with Gasteiger partial charge < -0.3 is 19.9 Å². The molecule has 0 bridgehead atoms. The Balaban J connectivity index is 1.73. The zero-order valence-corrected chi connectivity index (χ0v) is 17.1. The van der Waals surface area contributed by atoms with Crippen molar-refractivity contribution < 1.29 is 14.3 Å². The van der Waals surface area contributed by atoms with E-state index in [0.717, 1.165) is 27.8 Å². The summed E-state index contributed by atoms with van der Waals surface area (Å²) in [6.07, 6.45) is 2.33. The van der Waals surface area contributed by atoms with Crippen molar-refractivity contribution in [2.24, 2.45) is 0 Å². The first-order valence-electron chi connectivity index (χ1n) is 9.76. The first-order chi connectivity index (χ1) is 14.0. The van der Waals surface area contributed by atoms with Gasteiger partial charge in [-0.15, -0.1) is 0 Å². The topological polar surface area (TPSA) is 74.4 Å². The summed E-state index contributed by atoms with van der Waals surface area (Å²) in [6.45, 7) is 4.44.